The monoisotopic (exact) mass is 338 g/mol. The first-order valence-corrected chi connectivity index (χ1v) is 8.01. The second-order valence-electron chi connectivity index (χ2n) is 4.99. The van der Waals surface area contributed by atoms with Gasteiger partial charge < -0.3 is 5.32 Å². The maximum Gasteiger partial charge on any atom is 0.257 e. The van der Waals surface area contributed by atoms with Crippen LogP contribution in [0.5, 0.6) is 0 Å². The lowest BCUT2D eigenvalue weighted by molar-refractivity contribution is -0.114. The number of rotatable bonds is 4. The lowest BCUT2D eigenvalue weighted by Crippen LogP contribution is -2.12. The van der Waals surface area contributed by atoms with Gasteiger partial charge in [0.15, 0.2) is 0 Å². The molecule has 0 saturated heterocycles. The standard InChI is InChI=1S/C17H14N4O2S/c1-11(22)18-14-9-7-12(8-10-14)15(23)19-17-21-20-16(24-17)13-5-3-2-4-6-13/h2-10H,1H3,(H,18,22)(H,19,21,23). The van der Waals surface area contributed by atoms with E-state index in [0.29, 0.717) is 16.4 Å². The van der Waals surface area contributed by atoms with Crippen molar-refractivity contribution in [2.24, 2.45) is 0 Å². The molecule has 2 aromatic carbocycles. The molecule has 0 aliphatic carbocycles. The number of nitrogens with one attached hydrogen (secondary N) is 2. The van der Waals surface area contributed by atoms with Gasteiger partial charge >= 0.3 is 0 Å². The molecule has 3 rings (SSSR count). The Morgan fingerprint density at radius 1 is 0.917 bits per heavy atom. The molecule has 0 fully saturated rings. The molecule has 0 unspecified atom stereocenters. The number of benzene rings is 2. The number of carbonyl (C=O) groups excluding carboxylic acids is 2. The Labute approximate surface area is 142 Å². The van der Waals surface area contributed by atoms with E-state index < -0.39 is 0 Å². The zero-order valence-electron chi connectivity index (χ0n) is 12.8. The Balaban J connectivity index is 1.69. The van der Waals surface area contributed by atoms with E-state index in [1.807, 2.05) is 30.3 Å². The van der Waals surface area contributed by atoms with Crippen LogP contribution in [0.2, 0.25) is 0 Å². The van der Waals surface area contributed by atoms with Crippen molar-refractivity contribution in [3.63, 3.8) is 0 Å². The minimum Gasteiger partial charge on any atom is -0.326 e. The molecular weight excluding hydrogens is 324 g/mol. The lowest BCUT2D eigenvalue weighted by atomic mass is 10.2. The van der Waals surface area contributed by atoms with Crippen LogP contribution in [0.1, 0.15) is 17.3 Å². The minimum atomic E-state index is -0.278. The van der Waals surface area contributed by atoms with Gasteiger partial charge in [0.2, 0.25) is 11.0 Å². The first kappa shape index (κ1) is 15.8. The molecule has 2 N–H and O–H groups in total. The third-order valence-electron chi connectivity index (χ3n) is 3.13. The average Bonchev–Trinajstić information content (AvgIpc) is 3.04. The number of carbonyl (C=O) groups is 2. The van der Waals surface area contributed by atoms with E-state index in [1.54, 1.807) is 24.3 Å². The van der Waals surface area contributed by atoms with Crippen LogP contribution in [0.25, 0.3) is 10.6 Å². The molecule has 6 nitrogen and oxygen atoms in total. The topological polar surface area (TPSA) is 84.0 Å². The summed E-state index contributed by atoms with van der Waals surface area (Å²) in [5.41, 5.74) is 2.07. The number of hydrogen-bond donors (Lipinski definition) is 2. The van der Waals surface area contributed by atoms with Crippen LogP contribution < -0.4 is 10.6 Å². The van der Waals surface area contributed by atoms with Crippen molar-refractivity contribution in [1.82, 2.24) is 10.2 Å². The third kappa shape index (κ3) is 3.82. The Morgan fingerprint density at radius 2 is 1.62 bits per heavy atom. The SMILES string of the molecule is CC(=O)Nc1ccc(C(=O)Nc2nnc(-c3ccccc3)s2)cc1. The van der Waals surface area contributed by atoms with E-state index in [0.717, 1.165) is 10.6 Å². The molecular formula is C17H14N4O2S. The zero-order valence-corrected chi connectivity index (χ0v) is 13.6. The molecule has 0 spiro atoms. The molecule has 0 aliphatic heterocycles. The summed E-state index contributed by atoms with van der Waals surface area (Å²) in [6.45, 7) is 1.43. The van der Waals surface area contributed by atoms with Crippen LogP contribution in [0.15, 0.2) is 54.6 Å². The van der Waals surface area contributed by atoms with E-state index in [4.69, 9.17) is 0 Å². The van der Waals surface area contributed by atoms with Gasteiger partial charge in [0.25, 0.3) is 5.91 Å². The first-order chi connectivity index (χ1) is 11.6. The van der Waals surface area contributed by atoms with Crippen LogP contribution in [0.3, 0.4) is 0 Å². The van der Waals surface area contributed by atoms with Crippen molar-refractivity contribution >= 4 is 34.0 Å². The maximum atomic E-state index is 12.2. The predicted molar refractivity (Wildman–Crippen MR) is 94.0 cm³/mol. The molecule has 1 heterocycles. The molecule has 0 atom stereocenters. The number of anilines is 2. The van der Waals surface area contributed by atoms with Crippen LogP contribution in [-0.4, -0.2) is 22.0 Å². The van der Waals surface area contributed by atoms with E-state index in [2.05, 4.69) is 20.8 Å². The molecule has 0 radical (unpaired) electrons. The molecule has 3 aromatic rings. The summed E-state index contributed by atoms with van der Waals surface area (Å²) in [4.78, 5) is 23.2. The van der Waals surface area contributed by atoms with Gasteiger partial charge in [-0.05, 0) is 24.3 Å². The minimum absolute atomic E-state index is 0.158. The number of nitrogens with zero attached hydrogens (tertiary/aromatic N) is 2. The van der Waals surface area contributed by atoms with Gasteiger partial charge in [0, 0.05) is 23.7 Å². The summed E-state index contributed by atoms with van der Waals surface area (Å²) in [6, 6.07) is 16.3. The Morgan fingerprint density at radius 3 is 2.29 bits per heavy atom. The van der Waals surface area contributed by atoms with Crippen molar-refractivity contribution < 1.29 is 9.59 Å². The summed E-state index contributed by atoms with van der Waals surface area (Å²) in [5, 5.41) is 14.6. The van der Waals surface area contributed by atoms with Crippen molar-refractivity contribution in [2.75, 3.05) is 10.6 Å². The molecule has 0 bridgehead atoms. The number of hydrogen-bond acceptors (Lipinski definition) is 5. The highest BCUT2D eigenvalue weighted by Gasteiger charge is 2.11. The van der Waals surface area contributed by atoms with Crippen LogP contribution in [0.4, 0.5) is 10.8 Å². The predicted octanol–water partition coefficient (Wildman–Crippen LogP) is 3.42. The highest BCUT2D eigenvalue weighted by Crippen LogP contribution is 2.26. The highest BCUT2D eigenvalue weighted by molar-refractivity contribution is 7.18. The van der Waals surface area contributed by atoms with E-state index in [-0.39, 0.29) is 11.8 Å². The number of aromatic nitrogens is 2. The van der Waals surface area contributed by atoms with Crippen molar-refractivity contribution in [3.8, 4) is 10.6 Å². The summed E-state index contributed by atoms with van der Waals surface area (Å²) in [7, 11) is 0. The molecule has 24 heavy (non-hydrogen) atoms. The molecule has 7 heteroatoms. The van der Waals surface area contributed by atoms with Gasteiger partial charge in [-0.3, -0.25) is 14.9 Å². The molecule has 120 valence electrons. The normalized spacial score (nSPS) is 10.2. The third-order valence-corrected chi connectivity index (χ3v) is 4.02. The van der Waals surface area contributed by atoms with E-state index in [1.165, 1.54) is 18.3 Å². The van der Waals surface area contributed by atoms with Gasteiger partial charge in [-0.25, -0.2) is 0 Å². The fraction of sp³-hybridized carbons (Fsp3) is 0.0588. The van der Waals surface area contributed by atoms with Crippen LogP contribution >= 0.6 is 11.3 Å². The van der Waals surface area contributed by atoms with Crippen LogP contribution in [-0.2, 0) is 4.79 Å². The fourth-order valence-corrected chi connectivity index (χ4v) is 2.79. The first-order valence-electron chi connectivity index (χ1n) is 7.20. The summed E-state index contributed by atoms with van der Waals surface area (Å²) < 4.78 is 0. The van der Waals surface area contributed by atoms with Crippen molar-refractivity contribution in [3.05, 3.63) is 60.2 Å². The average molecular weight is 338 g/mol. The van der Waals surface area contributed by atoms with Crippen LogP contribution in [0, 0.1) is 0 Å². The van der Waals surface area contributed by atoms with Gasteiger partial charge in [-0.1, -0.05) is 41.7 Å². The fourth-order valence-electron chi connectivity index (χ4n) is 2.05. The Bertz CT molecular complexity index is 860. The zero-order chi connectivity index (χ0) is 16.9. The van der Waals surface area contributed by atoms with Gasteiger partial charge in [0.1, 0.15) is 5.01 Å². The lowest BCUT2D eigenvalue weighted by Gasteiger charge is -2.04. The maximum absolute atomic E-state index is 12.2. The van der Waals surface area contributed by atoms with Crippen molar-refractivity contribution in [1.29, 1.82) is 0 Å². The smallest absolute Gasteiger partial charge is 0.257 e. The molecule has 1 aromatic heterocycles. The Kier molecular flexibility index (Phi) is 4.62. The summed E-state index contributed by atoms with van der Waals surface area (Å²) >= 11 is 1.31. The second kappa shape index (κ2) is 7.01. The quantitative estimate of drug-likeness (QED) is 0.763. The van der Waals surface area contributed by atoms with Crippen molar-refractivity contribution in [2.45, 2.75) is 6.92 Å². The molecule has 0 saturated carbocycles. The Hall–Kier alpha value is -3.06. The van der Waals surface area contributed by atoms with Gasteiger partial charge in [0.05, 0.1) is 0 Å². The molecule has 0 aliphatic rings. The highest BCUT2D eigenvalue weighted by atomic mass is 32.1. The largest absolute Gasteiger partial charge is 0.326 e. The molecule has 2 amide bonds. The van der Waals surface area contributed by atoms with Gasteiger partial charge in [-0.2, -0.15) is 0 Å². The summed E-state index contributed by atoms with van der Waals surface area (Å²) in [5.74, 6) is -0.436. The van der Waals surface area contributed by atoms with E-state index in [9.17, 15) is 9.59 Å². The van der Waals surface area contributed by atoms with Gasteiger partial charge in [-0.15, -0.1) is 10.2 Å². The number of amides is 2. The van der Waals surface area contributed by atoms with E-state index >= 15 is 0 Å². The summed E-state index contributed by atoms with van der Waals surface area (Å²) in [6.07, 6.45) is 0. The second-order valence-corrected chi connectivity index (χ2v) is 5.97.